The van der Waals surface area contributed by atoms with Crippen LogP contribution in [-0.2, 0) is 14.3 Å². The molecule has 4 rings (SSSR count). The summed E-state index contributed by atoms with van der Waals surface area (Å²) in [5.41, 5.74) is 2.82. The van der Waals surface area contributed by atoms with Gasteiger partial charge in [-0.25, -0.2) is 9.88 Å². The molecule has 28 heavy (non-hydrogen) atoms. The van der Waals surface area contributed by atoms with E-state index in [1.807, 2.05) is 31.2 Å². The predicted molar refractivity (Wildman–Crippen MR) is 110 cm³/mol. The molecule has 2 fully saturated rings. The summed E-state index contributed by atoms with van der Waals surface area (Å²) >= 11 is 0.997. The lowest BCUT2D eigenvalue weighted by Crippen LogP contribution is -2.37. The number of ether oxygens (including phenoxy) is 1. The molecule has 0 unspecified atom stereocenters. The topological polar surface area (TPSA) is 86.6 Å². The highest BCUT2D eigenvalue weighted by molar-refractivity contribution is 8.18. The molecule has 3 heterocycles. The Kier molecular flexibility index (Phi) is 4.91. The van der Waals surface area contributed by atoms with Gasteiger partial charge in [0.15, 0.2) is 5.17 Å². The number of nitrogens with zero attached hydrogens (tertiary/aromatic N) is 3. The minimum absolute atomic E-state index is 0.0685. The second kappa shape index (κ2) is 7.37. The molecule has 7 nitrogen and oxygen atoms in total. The summed E-state index contributed by atoms with van der Waals surface area (Å²) < 4.78 is 5.46. The van der Waals surface area contributed by atoms with Crippen molar-refractivity contribution < 1.29 is 14.3 Å². The Bertz CT molecular complexity index is 1030. The van der Waals surface area contributed by atoms with E-state index in [1.165, 1.54) is 6.92 Å². The van der Waals surface area contributed by atoms with Crippen LogP contribution in [0.1, 0.15) is 18.1 Å². The van der Waals surface area contributed by atoms with Gasteiger partial charge in [0.25, 0.3) is 5.91 Å². The highest BCUT2D eigenvalue weighted by atomic mass is 32.2. The molecule has 0 radical (unpaired) electrons. The Morgan fingerprint density at radius 1 is 1.29 bits per heavy atom. The summed E-state index contributed by atoms with van der Waals surface area (Å²) in [6.45, 7) is 6.00. The first kappa shape index (κ1) is 18.6. The third-order valence-electron chi connectivity index (χ3n) is 4.72. The molecule has 0 atom stereocenters. The molecule has 2 saturated heterocycles. The minimum atomic E-state index is -0.459. The third-order valence-corrected chi connectivity index (χ3v) is 5.61. The molecule has 2 aliphatic heterocycles. The van der Waals surface area contributed by atoms with Gasteiger partial charge in [0.2, 0.25) is 5.91 Å². The van der Waals surface area contributed by atoms with Crippen LogP contribution in [-0.4, -0.2) is 53.2 Å². The Balaban J connectivity index is 1.83. The van der Waals surface area contributed by atoms with Gasteiger partial charge >= 0.3 is 0 Å². The molecule has 0 saturated carbocycles. The van der Waals surface area contributed by atoms with E-state index in [4.69, 9.17) is 15.1 Å². The van der Waals surface area contributed by atoms with Gasteiger partial charge in [-0.2, -0.15) is 0 Å². The number of pyridine rings is 1. The number of thioether (sulfide) groups is 1. The summed E-state index contributed by atoms with van der Waals surface area (Å²) in [4.78, 5) is 32.5. The molecule has 2 amide bonds. The number of anilines is 1. The lowest BCUT2D eigenvalue weighted by Gasteiger charge is -2.29. The summed E-state index contributed by atoms with van der Waals surface area (Å²) in [6.07, 6.45) is 1.74. The SMILES string of the molecule is CC(=O)N1C(=N)SC(=Cc2cc3ccc(C)cc3nc2N2CCOCC2)C1=O. The normalized spacial score (nSPS) is 19.1. The van der Waals surface area contributed by atoms with E-state index >= 15 is 0 Å². The van der Waals surface area contributed by atoms with Crippen LogP contribution in [0.2, 0.25) is 0 Å². The maximum atomic E-state index is 12.6. The van der Waals surface area contributed by atoms with E-state index in [-0.39, 0.29) is 5.17 Å². The van der Waals surface area contributed by atoms with Gasteiger partial charge in [-0.15, -0.1) is 0 Å². The molecule has 144 valence electrons. The zero-order valence-electron chi connectivity index (χ0n) is 15.7. The molecule has 2 aliphatic rings. The number of amides is 2. The monoisotopic (exact) mass is 396 g/mol. The van der Waals surface area contributed by atoms with Gasteiger partial charge in [0.1, 0.15) is 5.82 Å². The highest BCUT2D eigenvalue weighted by Crippen LogP contribution is 2.34. The second-order valence-electron chi connectivity index (χ2n) is 6.77. The Hall–Kier alpha value is -2.71. The fourth-order valence-electron chi connectivity index (χ4n) is 3.33. The highest BCUT2D eigenvalue weighted by Gasteiger charge is 2.35. The van der Waals surface area contributed by atoms with Crippen molar-refractivity contribution in [2.75, 3.05) is 31.2 Å². The number of carbonyl (C=O) groups is 2. The van der Waals surface area contributed by atoms with E-state index in [0.29, 0.717) is 18.1 Å². The van der Waals surface area contributed by atoms with Crippen molar-refractivity contribution >= 4 is 51.5 Å². The average Bonchev–Trinajstić information content (AvgIpc) is 2.95. The molecular weight excluding hydrogens is 376 g/mol. The number of carbonyl (C=O) groups excluding carboxylic acids is 2. The zero-order chi connectivity index (χ0) is 19.8. The quantitative estimate of drug-likeness (QED) is 0.786. The van der Waals surface area contributed by atoms with E-state index < -0.39 is 11.8 Å². The van der Waals surface area contributed by atoms with E-state index in [2.05, 4.69) is 4.90 Å². The van der Waals surface area contributed by atoms with Crippen LogP contribution < -0.4 is 4.90 Å². The van der Waals surface area contributed by atoms with Crippen molar-refractivity contribution in [3.63, 3.8) is 0 Å². The summed E-state index contributed by atoms with van der Waals surface area (Å²) in [5, 5.41) is 8.84. The van der Waals surface area contributed by atoms with Gasteiger partial charge in [0, 0.05) is 31.0 Å². The van der Waals surface area contributed by atoms with Gasteiger partial charge < -0.3 is 9.64 Å². The zero-order valence-corrected chi connectivity index (χ0v) is 16.5. The van der Waals surface area contributed by atoms with Crippen LogP contribution in [0.4, 0.5) is 5.82 Å². The van der Waals surface area contributed by atoms with Crippen molar-refractivity contribution in [2.45, 2.75) is 13.8 Å². The standard InChI is InChI=1S/C20H20N4O3S/c1-12-3-4-14-10-15(11-17-19(26)24(13(2)25)20(21)28-17)18(22-16(14)9-12)23-5-7-27-8-6-23/h3-4,9-11,21H,5-8H2,1-2H3. The molecular formula is C20H20N4O3S. The van der Waals surface area contributed by atoms with Crippen LogP contribution >= 0.6 is 11.8 Å². The Morgan fingerprint density at radius 3 is 2.71 bits per heavy atom. The fourth-order valence-corrected chi connectivity index (χ4v) is 4.21. The maximum absolute atomic E-state index is 12.6. The number of amidine groups is 1. The van der Waals surface area contributed by atoms with Crippen LogP contribution in [0.25, 0.3) is 17.0 Å². The van der Waals surface area contributed by atoms with E-state index in [1.54, 1.807) is 6.08 Å². The molecule has 1 N–H and O–H groups in total. The van der Waals surface area contributed by atoms with E-state index in [9.17, 15) is 9.59 Å². The van der Waals surface area contributed by atoms with Gasteiger partial charge in [-0.3, -0.25) is 15.0 Å². The lowest BCUT2D eigenvalue weighted by molar-refractivity contribution is -0.135. The molecule has 8 heteroatoms. The molecule has 0 aliphatic carbocycles. The van der Waals surface area contributed by atoms with Crippen LogP contribution in [0.15, 0.2) is 29.2 Å². The summed E-state index contributed by atoms with van der Waals surface area (Å²) in [7, 11) is 0. The third kappa shape index (κ3) is 3.41. The number of benzene rings is 1. The number of hydrogen-bond donors (Lipinski definition) is 1. The van der Waals surface area contributed by atoms with Crippen LogP contribution in [0.5, 0.6) is 0 Å². The van der Waals surface area contributed by atoms with Crippen molar-refractivity contribution in [3.05, 3.63) is 40.3 Å². The van der Waals surface area contributed by atoms with Gasteiger partial charge in [-0.1, -0.05) is 12.1 Å². The minimum Gasteiger partial charge on any atom is -0.378 e. The average molecular weight is 396 g/mol. The first-order chi connectivity index (χ1) is 13.4. The largest absolute Gasteiger partial charge is 0.378 e. The van der Waals surface area contributed by atoms with Crippen LogP contribution in [0, 0.1) is 12.3 Å². The summed E-state index contributed by atoms with van der Waals surface area (Å²) in [5.74, 6) is -0.124. The van der Waals surface area contributed by atoms with Crippen molar-refractivity contribution in [2.24, 2.45) is 0 Å². The first-order valence-corrected chi connectivity index (χ1v) is 9.83. The number of imide groups is 1. The molecule has 0 spiro atoms. The number of aromatic nitrogens is 1. The van der Waals surface area contributed by atoms with Gasteiger partial charge in [0.05, 0.1) is 23.6 Å². The lowest BCUT2D eigenvalue weighted by atomic mass is 10.1. The Labute approximate surface area is 166 Å². The summed E-state index contributed by atoms with van der Waals surface area (Å²) in [6, 6.07) is 8.08. The molecule has 2 aromatic rings. The van der Waals surface area contributed by atoms with E-state index in [0.717, 1.165) is 57.6 Å². The van der Waals surface area contributed by atoms with Crippen LogP contribution in [0.3, 0.4) is 0 Å². The molecule has 1 aromatic carbocycles. The number of rotatable bonds is 2. The van der Waals surface area contributed by atoms with Crippen molar-refractivity contribution in [3.8, 4) is 0 Å². The Morgan fingerprint density at radius 2 is 2.04 bits per heavy atom. The number of morpholine rings is 1. The van der Waals surface area contributed by atoms with Crippen molar-refractivity contribution in [1.82, 2.24) is 9.88 Å². The predicted octanol–water partition coefficient (Wildman–Crippen LogP) is 2.78. The first-order valence-electron chi connectivity index (χ1n) is 9.01. The smallest absolute Gasteiger partial charge is 0.273 e. The fraction of sp³-hybridized carbons (Fsp3) is 0.300. The molecule has 0 bridgehead atoms. The number of aryl methyl sites for hydroxylation is 1. The molecule has 1 aromatic heterocycles. The number of hydrogen-bond acceptors (Lipinski definition) is 7. The number of fused-ring (bicyclic) bond motifs is 1. The van der Waals surface area contributed by atoms with Crippen molar-refractivity contribution in [1.29, 1.82) is 5.41 Å². The maximum Gasteiger partial charge on any atom is 0.273 e. The second-order valence-corrected chi connectivity index (χ2v) is 7.80. The van der Waals surface area contributed by atoms with Gasteiger partial charge in [-0.05, 0) is 42.5 Å². The number of nitrogens with one attached hydrogen (secondary N) is 1.